The molecular formula is C17H24ClNO5. The van der Waals surface area contributed by atoms with E-state index in [1.54, 1.807) is 20.1 Å². The molecule has 1 heterocycles. The van der Waals surface area contributed by atoms with Crippen LogP contribution in [0.5, 0.6) is 0 Å². The van der Waals surface area contributed by atoms with Gasteiger partial charge in [-0.25, -0.2) is 4.79 Å². The molecule has 7 heteroatoms. The minimum absolute atomic E-state index is 0.00525. The fourth-order valence-electron chi connectivity index (χ4n) is 3.02. The maximum absolute atomic E-state index is 11.5. The predicted molar refractivity (Wildman–Crippen MR) is 92.4 cm³/mol. The van der Waals surface area contributed by atoms with E-state index < -0.39 is 5.97 Å². The Bertz CT molecular complexity index is 580. The molecule has 1 aliphatic heterocycles. The quantitative estimate of drug-likeness (QED) is 0.721. The third-order valence-electron chi connectivity index (χ3n) is 4.25. The van der Waals surface area contributed by atoms with E-state index in [1.807, 2.05) is 6.92 Å². The topological polar surface area (TPSA) is 68.2 Å². The summed E-state index contributed by atoms with van der Waals surface area (Å²) in [7, 11) is 1.63. The van der Waals surface area contributed by atoms with E-state index in [1.165, 1.54) is 6.07 Å². The predicted octanol–water partition coefficient (Wildman–Crippen LogP) is 2.60. The average Bonchev–Trinajstić information content (AvgIpc) is 2.99. The number of likely N-dealkylation sites (N-methyl/N-ethyl adjacent to an activating group) is 1. The van der Waals surface area contributed by atoms with Crippen LogP contribution in [0.3, 0.4) is 0 Å². The number of rotatable bonds is 8. The second-order valence-corrected chi connectivity index (χ2v) is 6.13. The van der Waals surface area contributed by atoms with Crippen LogP contribution in [0.2, 0.25) is 5.02 Å². The maximum Gasteiger partial charge on any atom is 0.336 e. The van der Waals surface area contributed by atoms with Crippen molar-refractivity contribution in [3.8, 4) is 0 Å². The van der Waals surface area contributed by atoms with Crippen molar-refractivity contribution in [1.29, 1.82) is 0 Å². The van der Waals surface area contributed by atoms with Gasteiger partial charge in [0.25, 0.3) is 0 Å². The Morgan fingerprint density at radius 1 is 1.42 bits per heavy atom. The Balaban J connectivity index is 2.29. The molecule has 2 rings (SSSR count). The van der Waals surface area contributed by atoms with Crippen LogP contribution < -0.4 is 4.90 Å². The van der Waals surface area contributed by atoms with Gasteiger partial charge in [-0.1, -0.05) is 11.6 Å². The van der Waals surface area contributed by atoms with Gasteiger partial charge in [-0.15, -0.1) is 0 Å². The average molecular weight is 358 g/mol. The highest BCUT2D eigenvalue weighted by atomic mass is 35.5. The molecule has 0 bridgehead atoms. The van der Waals surface area contributed by atoms with Crippen molar-refractivity contribution >= 4 is 23.3 Å². The molecule has 1 N–H and O–H groups in total. The molecule has 1 aromatic rings. The molecule has 1 saturated heterocycles. The van der Waals surface area contributed by atoms with Crippen molar-refractivity contribution in [2.24, 2.45) is 0 Å². The van der Waals surface area contributed by atoms with Crippen LogP contribution in [-0.2, 0) is 14.2 Å². The van der Waals surface area contributed by atoms with Crippen molar-refractivity contribution in [2.45, 2.75) is 26.0 Å². The van der Waals surface area contributed by atoms with Gasteiger partial charge in [0, 0.05) is 24.4 Å². The zero-order chi connectivity index (χ0) is 17.7. The second-order valence-electron chi connectivity index (χ2n) is 5.70. The number of benzene rings is 1. The zero-order valence-corrected chi connectivity index (χ0v) is 15.0. The van der Waals surface area contributed by atoms with Crippen LogP contribution in [0.25, 0.3) is 0 Å². The summed E-state index contributed by atoms with van der Waals surface area (Å²) in [6.45, 7) is 6.57. The Kier molecular flexibility index (Phi) is 6.86. The van der Waals surface area contributed by atoms with Crippen LogP contribution in [0.15, 0.2) is 12.1 Å². The number of methoxy groups -OCH3 is 1. The van der Waals surface area contributed by atoms with Crippen LogP contribution in [0.1, 0.15) is 22.8 Å². The SMILES string of the molecule is CCN(c1cc(Cl)cc(C(=O)O)c1C)C1COCC1OCCOC. The summed E-state index contributed by atoms with van der Waals surface area (Å²) in [5.41, 5.74) is 1.71. The van der Waals surface area contributed by atoms with Crippen molar-refractivity contribution in [2.75, 3.05) is 45.0 Å². The first-order chi connectivity index (χ1) is 11.5. The number of hydrogen-bond acceptors (Lipinski definition) is 5. The number of hydrogen-bond donors (Lipinski definition) is 1. The van der Waals surface area contributed by atoms with E-state index in [0.29, 0.717) is 43.6 Å². The van der Waals surface area contributed by atoms with Crippen molar-refractivity contribution < 1.29 is 24.1 Å². The van der Waals surface area contributed by atoms with E-state index in [9.17, 15) is 9.90 Å². The highest BCUT2D eigenvalue weighted by Gasteiger charge is 2.34. The molecule has 1 aliphatic rings. The fraction of sp³-hybridized carbons (Fsp3) is 0.588. The van der Waals surface area contributed by atoms with Crippen LogP contribution >= 0.6 is 11.6 Å². The fourth-order valence-corrected chi connectivity index (χ4v) is 3.24. The Morgan fingerprint density at radius 3 is 2.79 bits per heavy atom. The molecule has 24 heavy (non-hydrogen) atoms. The van der Waals surface area contributed by atoms with E-state index in [2.05, 4.69) is 4.90 Å². The van der Waals surface area contributed by atoms with Crippen molar-refractivity contribution in [1.82, 2.24) is 0 Å². The number of halogens is 1. The molecule has 0 aliphatic carbocycles. The van der Waals surface area contributed by atoms with Gasteiger partial charge in [-0.05, 0) is 31.5 Å². The third-order valence-corrected chi connectivity index (χ3v) is 4.46. The van der Waals surface area contributed by atoms with Crippen LogP contribution in [0.4, 0.5) is 5.69 Å². The Hall–Kier alpha value is -1.34. The lowest BCUT2D eigenvalue weighted by Gasteiger charge is -2.34. The zero-order valence-electron chi connectivity index (χ0n) is 14.3. The minimum Gasteiger partial charge on any atom is -0.478 e. The molecule has 0 amide bonds. The summed E-state index contributed by atoms with van der Waals surface area (Å²) >= 11 is 6.14. The number of aromatic carboxylic acids is 1. The monoisotopic (exact) mass is 357 g/mol. The molecule has 0 saturated carbocycles. The summed E-state index contributed by atoms with van der Waals surface area (Å²) in [5.74, 6) is -0.983. The van der Waals surface area contributed by atoms with E-state index in [0.717, 1.165) is 5.69 Å². The van der Waals surface area contributed by atoms with Crippen molar-refractivity contribution in [3.05, 3.63) is 28.3 Å². The number of carbonyl (C=O) groups is 1. The van der Waals surface area contributed by atoms with Gasteiger partial charge in [0.2, 0.25) is 0 Å². The molecule has 0 aromatic heterocycles. The highest BCUT2D eigenvalue weighted by Crippen LogP contribution is 2.31. The van der Waals surface area contributed by atoms with Gasteiger partial charge in [0.1, 0.15) is 6.10 Å². The summed E-state index contributed by atoms with van der Waals surface area (Å²) < 4.78 is 16.5. The van der Waals surface area contributed by atoms with Gasteiger partial charge >= 0.3 is 5.97 Å². The van der Waals surface area contributed by atoms with E-state index in [4.69, 9.17) is 25.8 Å². The Labute approximate surface area is 147 Å². The second kappa shape index (κ2) is 8.67. The molecule has 2 unspecified atom stereocenters. The number of nitrogens with zero attached hydrogens (tertiary/aromatic N) is 1. The smallest absolute Gasteiger partial charge is 0.336 e. The number of anilines is 1. The standard InChI is InChI=1S/C17H24ClNO5/c1-4-19(15-9-23-10-16(15)24-6-5-22-3)14-8-12(18)7-13(11(14)2)17(20)21/h7-8,15-16H,4-6,9-10H2,1-3H3,(H,20,21). The molecule has 1 aromatic carbocycles. The number of carboxylic acid groups (broad SMARTS) is 1. The molecular weight excluding hydrogens is 334 g/mol. The van der Waals surface area contributed by atoms with Gasteiger partial charge in [0.05, 0.1) is 38.0 Å². The van der Waals surface area contributed by atoms with Gasteiger partial charge in [0.15, 0.2) is 0 Å². The van der Waals surface area contributed by atoms with Crippen LogP contribution in [-0.4, -0.2) is 63.3 Å². The molecule has 0 radical (unpaired) electrons. The first-order valence-corrected chi connectivity index (χ1v) is 8.35. The first kappa shape index (κ1) is 19.0. The first-order valence-electron chi connectivity index (χ1n) is 7.98. The van der Waals surface area contributed by atoms with Gasteiger partial charge < -0.3 is 24.2 Å². The third kappa shape index (κ3) is 4.19. The Morgan fingerprint density at radius 2 is 2.17 bits per heavy atom. The van der Waals surface area contributed by atoms with E-state index in [-0.39, 0.29) is 17.7 Å². The van der Waals surface area contributed by atoms with Crippen LogP contribution in [0, 0.1) is 6.92 Å². The lowest BCUT2D eigenvalue weighted by molar-refractivity contribution is 0.00728. The highest BCUT2D eigenvalue weighted by molar-refractivity contribution is 6.31. The van der Waals surface area contributed by atoms with Crippen molar-refractivity contribution in [3.63, 3.8) is 0 Å². The van der Waals surface area contributed by atoms with Gasteiger partial charge in [-0.3, -0.25) is 0 Å². The maximum atomic E-state index is 11.5. The van der Waals surface area contributed by atoms with Gasteiger partial charge in [-0.2, -0.15) is 0 Å². The summed E-state index contributed by atoms with van der Waals surface area (Å²) in [4.78, 5) is 13.6. The lowest BCUT2D eigenvalue weighted by atomic mass is 10.0. The molecule has 6 nitrogen and oxygen atoms in total. The molecule has 2 atom stereocenters. The number of ether oxygens (including phenoxy) is 3. The largest absolute Gasteiger partial charge is 0.478 e. The lowest BCUT2D eigenvalue weighted by Crippen LogP contribution is -2.45. The molecule has 1 fully saturated rings. The summed E-state index contributed by atoms with van der Waals surface area (Å²) in [6, 6.07) is 3.29. The number of carboxylic acids is 1. The molecule has 0 spiro atoms. The molecule has 134 valence electrons. The minimum atomic E-state index is -0.983. The normalized spacial score (nSPS) is 20.3. The van der Waals surface area contributed by atoms with E-state index >= 15 is 0 Å². The summed E-state index contributed by atoms with van der Waals surface area (Å²) in [6.07, 6.45) is -0.0910. The summed E-state index contributed by atoms with van der Waals surface area (Å²) in [5, 5.41) is 9.79.